The Bertz CT molecular complexity index is 80.5. The molecule has 0 fully saturated rings. The first-order valence-corrected chi connectivity index (χ1v) is 2.85. The molecule has 2 nitrogen and oxygen atoms in total. The highest BCUT2D eigenvalue weighted by atomic mass is 16.5. The average molecular weight is 114 g/mol. The molecule has 0 aliphatic heterocycles. The quantitative estimate of drug-likeness (QED) is 0.372. The maximum absolute atomic E-state index is 10.5. The Morgan fingerprint density at radius 1 is 1.88 bits per heavy atom. The van der Waals surface area contributed by atoms with Gasteiger partial charge in [-0.2, -0.15) is 0 Å². The van der Waals surface area contributed by atoms with Crippen LogP contribution in [-0.2, 0) is 9.53 Å². The summed E-state index contributed by atoms with van der Waals surface area (Å²) in [7, 11) is 1.82. The fourth-order valence-corrected chi connectivity index (χ4v) is 0.309. The number of carbonyl (C=O) groups is 1. The summed E-state index contributed by atoms with van der Waals surface area (Å²) in [6.45, 7) is 4.11. The van der Waals surface area contributed by atoms with Crippen LogP contribution < -0.4 is 0 Å². The summed E-state index contributed by atoms with van der Waals surface area (Å²) in [5, 5.41) is 0. The monoisotopic (exact) mass is 114 g/mol. The van der Waals surface area contributed by atoms with Crippen molar-refractivity contribution in [2.24, 2.45) is 0 Å². The third kappa shape index (κ3) is 2.67. The summed E-state index contributed by atoms with van der Waals surface area (Å²) in [4.78, 5) is 10.5. The maximum Gasteiger partial charge on any atom is 0.300 e. The second-order valence-electron chi connectivity index (χ2n) is 1.91. The molecule has 0 aromatic rings. The Morgan fingerprint density at radius 3 is 2.50 bits per heavy atom. The van der Waals surface area contributed by atoms with E-state index in [1.165, 1.54) is 0 Å². The summed E-state index contributed by atoms with van der Waals surface area (Å²) in [5.41, 5.74) is 0. The number of esters is 1. The third-order valence-electron chi connectivity index (χ3n) is 0.758. The Labute approximate surface area is 50.6 Å². The van der Waals surface area contributed by atoms with Gasteiger partial charge in [0.25, 0.3) is 5.97 Å². The van der Waals surface area contributed by atoms with Gasteiger partial charge < -0.3 is 4.74 Å². The lowest BCUT2D eigenvalue weighted by atomic mass is 9.90. The lowest BCUT2D eigenvalue weighted by Gasteiger charge is -2.01. The number of rotatable bonds is 2. The Hall–Kier alpha value is -0.465. The van der Waals surface area contributed by atoms with Gasteiger partial charge in [0, 0.05) is 5.82 Å². The molecule has 1 atom stereocenters. The SMILES string of the molecule is BC(C)C(=O)OCC. The van der Waals surface area contributed by atoms with Crippen molar-refractivity contribution in [3.8, 4) is 0 Å². The molecule has 0 bridgehead atoms. The molecule has 0 heterocycles. The summed E-state index contributed by atoms with van der Waals surface area (Å²) in [6.07, 6.45) is 0. The van der Waals surface area contributed by atoms with Crippen molar-refractivity contribution in [3.63, 3.8) is 0 Å². The van der Waals surface area contributed by atoms with Crippen LogP contribution in [0.15, 0.2) is 0 Å². The molecule has 0 saturated heterocycles. The van der Waals surface area contributed by atoms with Crippen molar-refractivity contribution in [1.29, 1.82) is 0 Å². The summed E-state index contributed by atoms with van der Waals surface area (Å²) < 4.78 is 4.66. The van der Waals surface area contributed by atoms with E-state index in [1.54, 1.807) is 6.92 Å². The number of hydrogen-bond acceptors (Lipinski definition) is 2. The van der Waals surface area contributed by atoms with E-state index in [2.05, 4.69) is 4.74 Å². The van der Waals surface area contributed by atoms with Gasteiger partial charge in [0.2, 0.25) is 0 Å². The minimum atomic E-state index is -0.118. The largest absolute Gasteiger partial charge is 0.466 e. The van der Waals surface area contributed by atoms with Gasteiger partial charge in [-0.05, 0) is 6.92 Å². The van der Waals surface area contributed by atoms with Crippen molar-refractivity contribution in [2.45, 2.75) is 19.7 Å². The van der Waals surface area contributed by atoms with Crippen LogP contribution in [0.5, 0.6) is 0 Å². The summed E-state index contributed by atoms with van der Waals surface area (Å²) in [6, 6.07) is 0. The van der Waals surface area contributed by atoms with E-state index in [0.717, 1.165) is 0 Å². The van der Waals surface area contributed by atoms with Gasteiger partial charge in [0.1, 0.15) is 7.85 Å². The van der Waals surface area contributed by atoms with Crippen LogP contribution in [0.2, 0.25) is 5.82 Å². The van der Waals surface area contributed by atoms with E-state index >= 15 is 0 Å². The molecule has 0 aromatic carbocycles. The molecule has 0 amide bonds. The first-order valence-electron chi connectivity index (χ1n) is 2.85. The van der Waals surface area contributed by atoms with Crippen molar-refractivity contribution < 1.29 is 9.53 Å². The van der Waals surface area contributed by atoms with E-state index in [1.807, 2.05) is 14.8 Å². The molecule has 0 N–H and O–H groups in total. The number of hydrogen-bond donors (Lipinski definition) is 0. The zero-order chi connectivity index (χ0) is 6.57. The maximum atomic E-state index is 10.5. The first-order chi connectivity index (χ1) is 3.68. The molecule has 0 aromatic heterocycles. The molecule has 8 heavy (non-hydrogen) atoms. The molecule has 0 rings (SSSR count). The molecular weight excluding hydrogens is 103 g/mol. The van der Waals surface area contributed by atoms with Crippen LogP contribution in [0, 0.1) is 0 Å². The van der Waals surface area contributed by atoms with Gasteiger partial charge in [-0.1, -0.05) is 6.92 Å². The van der Waals surface area contributed by atoms with Crippen LogP contribution >= 0.6 is 0 Å². The van der Waals surface area contributed by atoms with E-state index < -0.39 is 0 Å². The minimum absolute atomic E-state index is 0.00921. The summed E-state index contributed by atoms with van der Waals surface area (Å²) in [5.74, 6) is -0.109. The first kappa shape index (κ1) is 7.53. The molecule has 0 spiro atoms. The second-order valence-corrected chi connectivity index (χ2v) is 1.91. The topological polar surface area (TPSA) is 26.3 Å². The van der Waals surface area contributed by atoms with Gasteiger partial charge in [-0.25, -0.2) is 0 Å². The fourth-order valence-electron chi connectivity index (χ4n) is 0.309. The predicted molar refractivity (Wildman–Crippen MR) is 34.6 cm³/mol. The van der Waals surface area contributed by atoms with Crippen molar-refractivity contribution in [2.75, 3.05) is 6.61 Å². The molecule has 0 aliphatic carbocycles. The second kappa shape index (κ2) is 3.53. The minimum Gasteiger partial charge on any atom is -0.466 e. The van der Waals surface area contributed by atoms with Crippen LogP contribution in [0.4, 0.5) is 0 Å². The zero-order valence-electron chi connectivity index (χ0n) is 5.60. The van der Waals surface area contributed by atoms with Gasteiger partial charge in [-0.3, -0.25) is 4.79 Å². The van der Waals surface area contributed by atoms with Gasteiger partial charge >= 0.3 is 0 Å². The molecular formula is C5H11BO2. The molecule has 0 saturated carbocycles. The number of ether oxygens (including phenoxy) is 1. The molecule has 0 radical (unpaired) electrons. The van der Waals surface area contributed by atoms with E-state index in [4.69, 9.17) is 0 Å². The Morgan fingerprint density at radius 2 is 2.38 bits per heavy atom. The summed E-state index contributed by atoms with van der Waals surface area (Å²) >= 11 is 0. The highest BCUT2D eigenvalue weighted by Gasteiger charge is 2.05. The molecule has 3 heteroatoms. The third-order valence-corrected chi connectivity index (χ3v) is 0.758. The molecule has 1 unspecified atom stereocenters. The van der Waals surface area contributed by atoms with Crippen LogP contribution in [0.25, 0.3) is 0 Å². The highest BCUT2D eigenvalue weighted by molar-refractivity contribution is 6.22. The fraction of sp³-hybridized carbons (Fsp3) is 0.800. The van der Waals surface area contributed by atoms with E-state index in [9.17, 15) is 4.79 Å². The molecule has 0 aliphatic rings. The lowest BCUT2D eigenvalue weighted by molar-refractivity contribution is -0.142. The van der Waals surface area contributed by atoms with Gasteiger partial charge in [0.15, 0.2) is 0 Å². The lowest BCUT2D eigenvalue weighted by Crippen LogP contribution is -2.08. The van der Waals surface area contributed by atoms with Crippen LogP contribution in [-0.4, -0.2) is 20.4 Å². The highest BCUT2D eigenvalue weighted by Crippen LogP contribution is 1.97. The Balaban J connectivity index is 3.33. The van der Waals surface area contributed by atoms with E-state index in [-0.39, 0.29) is 11.8 Å². The van der Waals surface area contributed by atoms with Crippen LogP contribution in [0.3, 0.4) is 0 Å². The smallest absolute Gasteiger partial charge is 0.300 e. The van der Waals surface area contributed by atoms with Crippen molar-refractivity contribution in [3.05, 3.63) is 0 Å². The predicted octanol–water partition coefficient (Wildman–Crippen LogP) is -0.00900. The average Bonchev–Trinajstić information content (AvgIpc) is 1.67. The standard InChI is InChI=1S/C5H11BO2/c1-3-8-5(7)4(2)6/h4H,3,6H2,1-2H3. The number of carbonyl (C=O) groups excluding carboxylic acids is 1. The molecule has 46 valence electrons. The van der Waals surface area contributed by atoms with Gasteiger partial charge in [-0.15, -0.1) is 0 Å². The zero-order valence-corrected chi connectivity index (χ0v) is 5.60. The van der Waals surface area contributed by atoms with E-state index in [0.29, 0.717) is 6.61 Å². The van der Waals surface area contributed by atoms with Crippen molar-refractivity contribution >= 4 is 13.8 Å². The Kier molecular flexibility index (Phi) is 3.32. The van der Waals surface area contributed by atoms with Crippen molar-refractivity contribution in [1.82, 2.24) is 0 Å². The van der Waals surface area contributed by atoms with Gasteiger partial charge in [0.05, 0.1) is 6.61 Å². The van der Waals surface area contributed by atoms with Crippen LogP contribution in [0.1, 0.15) is 13.8 Å². The normalized spacial score (nSPS) is 12.8.